The molecular formula is C39H35FIrN2Si-2. The molecule has 2 aromatic heterocycles. The van der Waals surface area contributed by atoms with Gasteiger partial charge in [-0.25, -0.2) is 0 Å². The molecule has 1 atom stereocenters. The number of hydrogen-bond acceptors (Lipinski definition) is 2. The summed E-state index contributed by atoms with van der Waals surface area (Å²) in [5.41, 5.74) is 8.64. The molecule has 4 aromatic carbocycles. The van der Waals surface area contributed by atoms with Gasteiger partial charge >= 0.3 is 0 Å². The summed E-state index contributed by atoms with van der Waals surface area (Å²) >= 11 is 0. The van der Waals surface area contributed by atoms with Gasteiger partial charge in [-0.05, 0) is 44.9 Å². The van der Waals surface area contributed by atoms with Gasteiger partial charge in [-0.3, -0.25) is 4.39 Å². The van der Waals surface area contributed by atoms with E-state index in [1.807, 2.05) is 67.0 Å². The molecule has 1 radical (unpaired) electrons. The quantitative estimate of drug-likeness (QED) is 0.125. The zero-order chi connectivity index (χ0) is 30.2. The summed E-state index contributed by atoms with van der Waals surface area (Å²) in [5, 5.41) is 1.37. The Morgan fingerprint density at radius 2 is 1.34 bits per heavy atom. The maximum atomic E-state index is 13.2. The van der Waals surface area contributed by atoms with Crippen molar-refractivity contribution in [2.24, 2.45) is 0 Å². The minimum atomic E-state index is -1.54. The van der Waals surface area contributed by atoms with Crippen molar-refractivity contribution in [3.63, 3.8) is 0 Å². The molecule has 2 heterocycles. The third kappa shape index (κ3) is 8.32. The number of benzene rings is 4. The summed E-state index contributed by atoms with van der Waals surface area (Å²) in [4.78, 5) is 9.07. The third-order valence-corrected chi connectivity index (χ3v) is 9.45. The van der Waals surface area contributed by atoms with Crippen molar-refractivity contribution in [2.75, 3.05) is 0 Å². The van der Waals surface area contributed by atoms with Crippen molar-refractivity contribution in [1.82, 2.24) is 9.97 Å². The van der Waals surface area contributed by atoms with Gasteiger partial charge in [0.1, 0.15) is 0 Å². The van der Waals surface area contributed by atoms with Crippen LogP contribution in [0.25, 0.3) is 33.6 Å². The van der Waals surface area contributed by atoms with E-state index in [-0.39, 0.29) is 31.8 Å². The monoisotopic (exact) mass is 771 g/mol. The number of halogens is 1. The number of nitrogens with zero attached hydrogens (tertiary/aromatic N) is 2. The van der Waals surface area contributed by atoms with Crippen LogP contribution < -0.4 is 5.19 Å². The van der Waals surface area contributed by atoms with Gasteiger partial charge in [0.2, 0.25) is 0 Å². The Morgan fingerprint density at radius 1 is 0.682 bits per heavy atom. The van der Waals surface area contributed by atoms with Crippen molar-refractivity contribution < 1.29 is 24.5 Å². The van der Waals surface area contributed by atoms with Crippen LogP contribution in [0.15, 0.2) is 134 Å². The molecule has 0 amide bonds. The fourth-order valence-electron chi connectivity index (χ4n) is 5.03. The molecule has 44 heavy (non-hydrogen) atoms. The minimum absolute atomic E-state index is 0. The van der Waals surface area contributed by atoms with Crippen molar-refractivity contribution in [1.29, 1.82) is 0 Å². The second-order valence-electron chi connectivity index (χ2n) is 11.5. The van der Waals surface area contributed by atoms with Crippen molar-refractivity contribution in [3.05, 3.63) is 163 Å². The summed E-state index contributed by atoms with van der Waals surface area (Å²) < 4.78 is 13.2. The predicted molar refractivity (Wildman–Crippen MR) is 179 cm³/mol. The summed E-state index contributed by atoms with van der Waals surface area (Å²) in [6, 6.07) is 45.8. The molecule has 0 saturated heterocycles. The van der Waals surface area contributed by atoms with E-state index in [9.17, 15) is 4.39 Å². The van der Waals surface area contributed by atoms with E-state index in [4.69, 9.17) is 0 Å². The molecule has 2 nitrogen and oxygen atoms in total. The summed E-state index contributed by atoms with van der Waals surface area (Å²) in [6.45, 7) is 9.27. The largest absolute Gasteiger partial charge is 0.305 e. The topological polar surface area (TPSA) is 25.8 Å². The number of pyridine rings is 2. The Morgan fingerprint density at radius 3 is 1.98 bits per heavy atom. The van der Waals surface area contributed by atoms with Crippen LogP contribution in [0.4, 0.5) is 4.39 Å². The van der Waals surface area contributed by atoms with Gasteiger partial charge in [-0.1, -0.05) is 99.4 Å². The number of rotatable bonds is 6. The van der Waals surface area contributed by atoms with E-state index in [2.05, 4.69) is 97.2 Å². The maximum Gasteiger partial charge on any atom is 0.0799 e. The fourth-order valence-corrected chi connectivity index (χ4v) is 6.64. The summed E-state index contributed by atoms with van der Waals surface area (Å²) in [6.07, 6.45) is 3.87. The number of hydrogen-bond donors (Lipinski definition) is 0. The van der Waals surface area contributed by atoms with E-state index in [0.717, 1.165) is 22.5 Å². The molecule has 0 aliphatic rings. The predicted octanol–water partition coefficient (Wildman–Crippen LogP) is 9.60. The van der Waals surface area contributed by atoms with Crippen LogP contribution in [-0.4, -0.2) is 18.0 Å². The van der Waals surface area contributed by atoms with Crippen LogP contribution in [0.1, 0.15) is 24.0 Å². The van der Waals surface area contributed by atoms with Crippen molar-refractivity contribution in [2.45, 2.75) is 32.5 Å². The molecule has 0 fully saturated rings. The zero-order valence-corrected chi connectivity index (χ0v) is 28.8. The molecule has 6 aromatic rings. The molecule has 6 rings (SSSR count). The Hall–Kier alpha value is -4.02. The molecular weight excluding hydrogens is 736 g/mol. The van der Waals surface area contributed by atoms with E-state index in [1.54, 1.807) is 6.07 Å². The van der Waals surface area contributed by atoms with Gasteiger partial charge in [0.05, 0.1) is 8.07 Å². The minimum Gasteiger partial charge on any atom is -0.305 e. The van der Waals surface area contributed by atoms with Gasteiger partial charge in [-0.2, -0.15) is 0 Å². The average molecular weight is 771 g/mol. The maximum absolute atomic E-state index is 13.2. The third-order valence-electron chi connectivity index (χ3n) is 7.41. The fraction of sp³-hybridized carbons (Fsp3) is 0.128. The molecule has 1 unspecified atom stereocenters. The van der Waals surface area contributed by atoms with Crippen molar-refractivity contribution >= 4 is 13.3 Å². The molecule has 5 heteroatoms. The first-order valence-corrected chi connectivity index (χ1v) is 18.0. The van der Waals surface area contributed by atoms with Crippen LogP contribution >= 0.6 is 0 Å². The molecule has 0 spiro atoms. The molecule has 0 aliphatic carbocycles. The average Bonchev–Trinajstić information content (AvgIpc) is 3.06. The van der Waals surface area contributed by atoms with Crippen LogP contribution in [0.3, 0.4) is 0 Å². The Bertz CT molecular complexity index is 1700. The Balaban J connectivity index is 0.000000206. The second-order valence-corrected chi connectivity index (χ2v) is 16.6. The van der Waals surface area contributed by atoms with E-state index < -0.39 is 8.07 Å². The van der Waals surface area contributed by atoms with Crippen LogP contribution in [-0.2, 0) is 20.1 Å². The number of aromatic nitrogens is 2. The summed E-state index contributed by atoms with van der Waals surface area (Å²) in [5.74, 6) is 0.00506. The van der Waals surface area contributed by atoms with Crippen molar-refractivity contribution in [3.8, 4) is 33.6 Å². The van der Waals surface area contributed by atoms with Gasteiger partial charge < -0.3 is 9.97 Å². The Kier molecular flexibility index (Phi) is 11.3. The normalized spacial score (nSPS) is 11.5. The summed E-state index contributed by atoms with van der Waals surface area (Å²) in [7, 11) is -1.54. The first kappa shape index (κ1) is 32.9. The van der Waals surface area contributed by atoms with Gasteiger partial charge in [0.25, 0.3) is 0 Å². The first-order valence-electron chi connectivity index (χ1n) is 14.5. The van der Waals surface area contributed by atoms with Gasteiger partial charge in [0, 0.05) is 44.2 Å². The zero-order valence-electron chi connectivity index (χ0n) is 25.4. The van der Waals surface area contributed by atoms with E-state index in [1.165, 1.54) is 39.6 Å². The molecule has 0 saturated carbocycles. The molecule has 0 bridgehead atoms. The van der Waals surface area contributed by atoms with Crippen LogP contribution in [0, 0.1) is 17.9 Å². The van der Waals surface area contributed by atoms with Crippen LogP contribution in [0.5, 0.6) is 0 Å². The standard InChI is InChI=1S/C22H23FNSi.C17H12N.Ir/c1-16(17-8-6-5-7-9-17)20-14-21(18-10-12-19(23)13-11-18)24-15-22(20)25(2,3)4;1-3-7-14(8-4-1)16-11-12-18-17(13-16)15-9-5-2-6-10-15;/h5-10,12-16H,1-4H3;1-9,11-13H;/q2*-1;. The van der Waals surface area contributed by atoms with Gasteiger partial charge in [-0.15, -0.1) is 65.7 Å². The smallest absolute Gasteiger partial charge is 0.0799 e. The second kappa shape index (κ2) is 15.1. The van der Waals surface area contributed by atoms with Gasteiger partial charge in [0.15, 0.2) is 0 Å². The van der Waals surface area contributed by atoms with E-state index >= 15 is 0 Å². The Labute approximate surface area is 275 Å². The van der Waals surface area contributed by atoms with Crippen LogP contribution in [0.2, 0.25) is 19.6 Å². The molecule has 223 valence electrons. The SMILES string of the molecule is CC(c1ccccc1)c1cc(-c2[c-]cc(F)cc2)ncc1[Si](C)(C)C.[Ir].[c-]1ccccc1-c1cc(-c2ccccc2)ccn1. The van der Waals surface area contributed by atoms with E-state index in [0.29, 0.717) is 0 Å². The molecule has 0 N–H and O–H groups in total. The molecule has 0 aliphatic heterocycles. The first-order chi connectivity index (χ1) is 20.8.